The van der Waals surface area contributed by atoms with Gasteiger partial charge in [0.2, 0.25) is 0 Å². The number of rotatable bonds is 8. The van der Waals surface area contributed by atoms with E-state index in [1.54, 1.807) is 6.08 Å². The average Bonchev–Trinajstić information content (AvgIpc) is 2.13. The molecule has 0 aromatic heterocycles. The lowest BCUT2D eigenvalue weighted by Crippen LogP contribution is -2.45. The number of likely N-dealkylation sites (N-methyl/N-ethyl adjacent to an activating group) is 1. The number of esters is 1. The Kier molecular flexibility index (Phi) is 7.27. The first-order valence-corrected chi connectivity index (χ1v) is 6.12. The minimum Gasteiger partial charge on any atom is -0.550 e. The first-order valence-electron chi connectivity index (χ1n) is 6.12. The molecule has 0 unspecified atom stereocenters. The lowest BCUT2D eigenvalue weighted by atomic mass is 10.2. The van der Waals surface area contributed by atoms with Gasteiger partial charge in [0.25, 0.3) is 0 Å². The number of quaternary nitrogens is 1. The molecule has 0 aromatic carbocycles. The quantitative estimate of drug-likeness (QED) is 0.351. The first-order chi connectivity index (χ1) is 8.24. The molecule has 0 aliphatic heterocycles. The lowest BCUT2D eigenvalue weighted by molar-refractivity contribution is -0.873. The Balaban J connectivity index is 4.39. The van der Waals surface area contributed by atoms with Gasteiger partial charge in [-0.3, -0.25) is 0 Å². The lowest BCUT2D eigenvalue weighted by Gasteiger charge is -2.29. The molecule has 0 amide bonds. The largest absolute Gasteiger partial charge is 0.550 e. The van der Waals surface area contributed by atoms with Gasteiger partial charge in [-0.2, -0.15) is 0 Å². The molecule has 0 N–H and O–H groups in total. The van der Waals surface area contributed by atoms with E-state index in [0.29, 0.717) is 11.0 Å². The van der Waals surface area contributed by atoms with Crippen LogP contribution in [-0.4, -0.2) is 50.2 Å². The number of hydrogen-bond acceptors (Lipinski definition) is 4. The molecule has 0 saturated carbocycles. The zero-order valence-electron chi connectivity index (χ0n) is 11.6. The summed E-state index contributed by atoms with van der Waals surface area (Å²) >= 11 is 0. The van der Waals surface area contributed by atoms with Crippen LogP contribution in [0.25, 0.3) is 0 Å². The van der Waals surface area contributed by atoms with Crippen LogP contribution < -0.4 is 5.11 Å². The Hall–Kier alpha value is -1.36. The van der Waals surface area contributed by atoms with Crippen molar-refractivity contribution in [2.75, 3.05) is 27.7 Å². The van der Waals surface area contributed by atoms with Crippen molar-refractivity contribution in [1.82, 2.24) is 0 Å². The van der Waals surface area contributed by atoms with Crippen molar-refractivity contribution in [1.29, 1.82) is 0 Å². The van der Waals surface area contributed by atoms with Crippen molar-refractivity contribution in [2.45, 2.75) is 32.3 Å². The predicted octanol–water partition coefficient (Wildman–Crippen LogP) is 0.101. The van der Waals surface area contributed by atoms with Gasteiger partial charge in [0.05, 0.1) is 21.1 Å². The van der Waals surface area contributed by atoms with Gasteiger partial charge >= 0.3 is 5.97 Å². The van der Waals surface area contributed by atoms with Crippen molar-refractivity contribution < 1.29 is 23.9 Å². The Morgan fingerprint density at radius 2 is 1.94 bits per heavy atom. The van der Waals surface area contributed by atoms with Gasteiger partial charge in [0, 0.05) is 18.5 Å². The number of nitrogens with zero attached hydrogens (tertiary/aromatic N) is 1. The molecule has 0 fully saturated rings. The second-order valence-corrected chi connectivity index (χ2v) is 5.30. The van der Waals surface area contributed by atoms with Crippen LogP contribution in [0.2, 0.25) is 0 Å². The molecule has 0 heterocycles. The average molecular weight is 257 g/mol. The minimum absolute atomic E-state index is 0.275. The van der Waals surface area contributed by atoms with Crippen LogP contribution in [0.1, 0.15) is 26.2 Å². The summed E-state index contributed by atoms with van der Waals surface area (Å²) in [7, 11) is 5.72. The second-order valence-electron chi connectivity index (χ2n) is 5.30. The van der Waals surface area contributed by atoms with E-state index in [2.05, 4.69) is 0 Å². The number of hydrogen-bond donors (Lipinski definition) is 0. The van der Waals surface area contributed by atoms with Crippen molar-refractivity contribution in [3.05, 3.63) is 12.2 Å². The fourth-order valence-electron chi connectivity index (χ4n) is 1.49. The predicted molar refractivity (Wildman–Crippen MR) is 66.5 cm³/mol. The van der Waals surface area contributed by atoms with Crippen LogP contribution >= 0.6 is 0 Å². The summed E-state index contributed by atoms with van der Waals surface area (Å²) in [6.45, 7) is 2.44. The van der Waals surface area contributed by atoms with Gasteiger partial charge < -0.3 is 19.1 Å². The zero-order valence-corrected chi connectivity index (χ0v) is 11.6. The molecule has 104 valence electrons. The third-order valence-electron chi connectivity index (χ3n) is 2.14. The van der Waals surface area contributed by atoms with Crippen molar-refractivity contribution in [2.24, 2.45) is 0 Å². The highest BCUT2D eigenvalue weighted by Crippen LogP contribution is 2.05. The summed E-state index contributed by atoms with van der Waals surface area (Å²) in [5, 5.41) is 10.6. The number of carboxylic acids is 1. The molecule has 1 atom stereocenters. The number of aliphatic carboxylic acids is 1. The maximum atomic E-state index is 11.5. The van der Waals surface area contributed by atoms with E-state index in [4.69, 9.17) is 4.74 Å². The van der Waals surface area contributed by atoms with Crippen LogP contribution in [0.4, 0.5) is 0 Å². The van der Waals surface area contributed by atoms with Gasteiger partial charge in [-0.1, -0.05) is 19.4 Å². The molecular weight excluding hydrogens is 234 g/mol. The van der Waals surface area contributed by atoms with E-state index in [1.165, 1.54) is 6.08 Å². The van der Waals surface area contributed by atoms with E-state index < -0.39 is 18.0 Å². The maximum absolute atomic E-state index is 11.5. The standard InChI is InChI=1S/C13H23NO4/c1-5-6-7-8-13(17)18-11(9-12(15)16)10-14(2,3)4/h7-8,11H,5-6,9-10H2,1-4H3/t11-/m1/s1. The van der Waals surface area contributed by atoms with Crippen molar-refractivity contribution >= 4 is 11.9 Å². The molecule has 18 heavy (non-hydrogen) atoms. The van der Waals surface area contributed by atoms with Crippen LogP contribution in [0.3, 0.4) is 0 Å². The summed E-state index contributed by atoms with van der Waals surface area (Å²) < 4.78 is 5.64. The Labute approximate surface area is 109 Å². The number of ether oxygens (including phenoxy) is 1. The topological polar surface area (TPSA) is 66.4 Å². The number of carboxylic acid groups (broad SMARTS) is 1. The highest BCUT2D eigenvalue weighted by Gasteiger charge is 2.21. The summed E-state index contributed by atoms with van der Waals surface area (Å²) in [6.07, 6.45) is 3.89. The maximum Gasteiger partial charge on any atom is 0.330 e. The van der Waals surface area contributed by atoms with E-state index in [0.717, 1.165) is 12.8 Å². The summed E-state index contributed by atoms with van der Waals surface area (Å²) in [5.41, 5.74) is 0. The summed E-state index contributed by atoms with van der Waals surface area (Å²) in [5.74, 6) is -1.71. The summed E-state index contributed by atoms with van der Waals surface area (Å²) in [4.78, 5) is 22.1. The second kappa shape index (κ2) is 7.87. The third-order valence-corrected chi connectivity index (χ3v) is 2.14. The van der Waals surface area contributed by atoms with E-state index in [-0.39, 0.29) is 6.42 Å². The Bertz CT molecular complexity index is 305. The molecule has 0 saturated heterocycles. The summed E-state index contributed by atoms with van der Waals surface area (Å²) in [6, 6.07) is 0. The number of carbonyl (C=O) groups excluding carboxylic acids is 2. The van der Waals surface area contributed by atoms with E-state index in [1.807, 2.05) is 28.1 Å². The molecule has 0 aliphatic carbocycles. The van der Waals surface area contributed by atoms with Gasteiger partial charge in [-0.15, -0.1) is 0 Å². The molecule has 0 spiro atoms. The highest BCUT2D eigenvalue weighted by atomic mass is 16.5. The SMILES string of the molecule is CCCC=CC(=O)O[C@H](CC(=O)[O-])C[N+](C)(C)C. The molecule has 0 aliphatic rings. The Morgan fingerprint density at radius 3 is 2.39 bits per heavy atom. The van der Waals surface area contributed by atoms with Crippen LogP contribution in [-0.2, 0) is 14.3 Å². The van der Waals surface area contributed by atoms with Crippen LogP contribution in [0.5, 0.6) is 0 Å². The minimum atomic E-state index is -1.21. The zero-order chi connectivity index (χ0) is 14.2. The highest BCUT2D eigenvalue weighted by molar-refractivity contribution is 5.82. The molecule has 5 nitrogen and oxygen atoms in total. The molecule has 0 aromatic rings. The fourth-order valence-corrected chi connectivity index (χ4v) is 1.49. The monoisotopic (exact) mass is 257 g/mol. The van der Waals surface area contributed by atoms with Gasteiger partial charge in [0.1, 0.15) is 6.54 Å². The van der Waals surface area contributed by atoms with Crippen LogP contribution in [0, 0.1) is 0 Å². The molecule has 0 radical (unpaired) electrons. The van der Waals surface area contributed by atoms with E-state index in [9.17, 15) is 14.7 Å². The Morgan fingerprint density at radius 1 is 1.33 bits per heavy atom. The van der Waals surface area contributed by atoms with Crippen molar-refractivity contribution in [3.8, 4) is 0 Å². The van der Waals surface area contributed by atoms with Crippen LogP contribution in [0.15, 0.2) is 12.2 Å². The van der Waals surface area contributed by atoms with Crippen molar-refractivity contribution in [3.63, 3.8) is 0 Å². The van der Waals surface area contributed by atoms with E-state index >= 15 is 0 Å². The molecule has 5 heteroatoms. The first kappa shape index (κ1) is 16.6. The number of unbranched alkanes of at least 4 members (excludes halogenated alkanes) is 1. The smallest absolute Gasteiger partial charge is 0.330 e. The molecule has 0 rings (SSSR count). The van der Waals surface area contributed by atoms with Gasteiger partial charge in [-0.05, 0) is 6.42 Å². The molecular formula is C13H23NO4. The van der Waals surface area contributed by atoms with Gasteiger partial charge in [-0.25, -0.2) is 4.79 Å². The fraction of sp³-hybridized carbons (Fsp3) is 0.692. The normalized spacial score (nSPS) is 13.6. The number of carbonyl (C=O) groups is 2. The third kappa shape index (κ3) is 9.84. The number of allylic oxidation sites excluding steroid dienone is 1. The van der Waals surface area contributed by atoms with Gasteiger partial charge in [0.15, 0.2) is 6.10 Å². The molecule has 0 bridgehead atoms.